The van der Waals surface area contributed by atoms with Crippen molar-refractivity contribution >= 4 is 15.9 Å². The number of rotatable bonds is 3. The number of ether oxygens (including phenoxy) is 1. The molecule has 0 N–H and O–H groups in total. The van der Waals surface area contributed by atoms with E-state index in [0.29, 0.717) is 0 Å². The summed E-state index contributed by atoms with van der Waals surface area (Å²) >= 11 is 3.56. The molecule has 106 valence electrons. The van der Waals surface area contributed by atoms with Crippen molar-refractivity contribution in [3.8, 4) is 0 Å². The van der Waals surface area contributed by atoms with Crippen LogP contribution in [0.15, 0.2) is 35.1 Å². The summed E-state index contributed by atoms with van der Waals surface area (Å²) in [5, 5.41) is 8.41. The first-order valence-electron chi connectivity index (χ1n) is 6.65. The number of methoxy groups -OCH3 is 1. The van der Waals surface area contributed by atoms with Crippen molar-refractivity contribution in [2.75, 3.05) is 7.11 Å². The Hall–Kier alpha value is -1.20. The Balaban J connectivity index is 2.09. The van der Waals surface area contributed by atoms with Crippen LogP contribution in [0.2, 0.25) is 0 Å². The van der Waals surface area contributed by atoms with Gasteiger partial charge in [-0.2, -0.15) is 0 Å². The summed E-state index contributed by atoms with van der Waals surface area (Å²) in [5.41, 5.74) is 1.06. The lowest BCUT2D eigenvalue weighted by molar-refractivity contribution is -0.0965. The van der Waals surface area contributed by atoms with Gasteiger partial charge in [-0.25, -0.2) is 0 Å². The van der Waals surface area contributed by atoms with E-state index in [1.165, 1.54) is 5.56 Å². The second kappa shape index (κ2) is 4.67. The summed E-state index contributed by atoms with van der Waals surface area (Å²) in [7, 11) is 3.78. The first-order valence-corrected chi connectivity index (χ1v) is 7.44. The van der Waals surface area contributed by atoms with Crippen LogP contribution in [-0.2, 0) is 17.2 Å². The SMILES string of the molecule is COC1(C)CC(c2cccc(Br)c2)(c2nncn2C)C1. The first-order chi connectivity index (χ1) is 9.49. The fraction of sp³-hybridized carbons (Fsp3) is 0.467. The maximum Gasteiger partial charge on any atom is 0.143 e. The van der Waals surface area contributed by atoms with Crippen LogP contribution in [-0.4, -0.2) is 27.5 Å². The smallest absolute Gasteiger partial charge is 0.143 e. The van der Waals surface area contributed by atoms with Gasteiger partial charge in [0.2, 0.25) is 0 Å². The number of hydrogen-bond acceptors (Lipinski definition) is 3. The molecule has 0 atom stereocenters. The molecule has 1 aliphatic rings. The molecule has 1 fully saturated rings. The molecular formula is C15H18BrN3O. The molecule has 4 nitrogen and oxygen atoms in total. The van der Waals surface area contributed by atoms with Crippen molar-refractivity contribution < 1.29 is 4.74 Å². The van der Waals surface area contributed by atoms with Crippen LogP contribution in [0.4, 0.5) is 0 Å². The summed E-state index contributed by atoms with van der Waals surface area (Å²) in [6.07, 6.45) is 3.59. The molecule has 2 aromatic rings. The highest BCUT2D eigenvalue weighted by atomic mass is 79.9. The Morgan fingerprint density at radius 2 is 2.10 bits per heavy atom. The molecule has 0 saturated heterocycles. The lowest BCUT2D eigenvalue weighted by Gasteiger charge is -2.53. The van der Waals surface area contributed by atoms with E-state index >= 15 is 0 Å². The second-order valence-corrected chi connectivity index (χ2v) is 6.78. The Bertz CT molecular complexity index is 632. The maximum absolute atomic E-state index is 5.65. The van der Waals surface area contributed by atoms with Crippen LogP contribution in [0.1, 0.15) is 31.2 Å². The van der Waals surface area contributed by atoms with Gasteiger partial charge in [-0.1, -0.05) is 28.1 Å². The number of aromatic nitrogens is 3. The Morgan fingerprint density at radius 1 is 1.35 bits per heavy atom. The van der Waals surface area contributed by atoms with E-state index in [4.69, 9.17) is 4.74 Å². The summed E-state index contributed by atoms with van der Waals surface area (Å²) < 4.78 is 8.75. The van der Waals surface area contributed by atoms with E-state index in [1.807, 2.05) is 17.7 Å². The molecule has 0 aliphatic heterocycles. The zero-order valence-corrected chi connectivity index (χ0v) is 13.5. The maximum atomic E-state index is 5.65. The zero-order chi connectivity index (χ0) is 14.4. The normalized spacial score (nSPS) is 29.2. The predicted molar refractivity (Wildman–Crippen MR) is 80.6 cm³/mol. The molecule has 5 heteroatoms. The Labute approximate surface area is 127 Å². The molecule has 1 aromatic heterocycles. The topological polar surface area (TPSA) is 39.9 Å². The molecule has 1 saturated carbocycles. The van der Waals surface area contributed by atoms with Crippen LogP contribution in [0.3, 0.4) is 0 Å². The Kier molecular flexibility index (Phi) is 3.21. The molecule has 0 spiro atoms. The number of halogens is 1. The molecule has 1 aromatic carbocycles. The molecule has 3 rings (SSSR count). The molecule has 1 aliphatic carbocycles. The van der Waals surface area contributed by atoms with Gasteiger partial charge in [0.05, 0.1) is 11.0 Å². The fourth-order valence-corrected chi connectivity index (χ4v) is 3.76. The lowest BCUT2D eigenvalue weighted by Crippen LogP contribution is -2.55. The quantitative estimate of drug-likeness (QED) is 0.865. The third-order valence-electron chi connectivity index (χ3n) is 4.36. The minimum absolute atomic E-state index is 0.0890. The molecule has 20 heavy (non-hydrogen) atoms. The van der Waals surface area contributed by atoms with Gasteiger partial charge < -0.3 is 9.30 Å². The fourth-order valence-electron chi connectivity index (χ4n) is 3.36. The predicted octanol–water partition coefficient (Wildman–Crippen LogP) is 3.06. The van der Waals surface area contributed by atoms with E-state index < -0.39 is 0 Å². The van der Waals surface area contributed by atoms with Crippen molar-refractivity contribution in [2.45, 2.75) is 30.8 Å². The lowest BCUT2D eigenvalue weighted by atomic mass is 9.56. The van der Waals surface area contributed by atoms with Gasteiger partial charge in [-0.05, 0) is 37.5 Å². The van der Waals surface area contributed by atoms with E-state index in [2.05, 4.69) is 51.3 Å². The third-order valence-corrected chi connectivity index (χ3v) is 4.85. The second-order valence-electron chi connectivity index (χ2n) is 5.87. The molecule has 0 radical (unpaired) electrons. The summed E-state index contributed by atoms with van der Waals surface area (Å²) in [5.74, 6) is 1.00. The van der Waals surface area contributed by atoms with Crippen molar-refractivity contribution in [3.05, 3.63) is 46.5 Å². The van der Waals surface area contributed by atoms with E-state index in [9.17, 15) is 0 Å². The van der Waals surface area contributed by atoms with Gasteiger partial charge >= 0.3 is 0 Å². The number of nitrogens with zero attached hydrogens (tertiary/aromatic N) is 3. The third kappa shape index (κ3) is 2.00. The summed E-state index contributed by atoms with van der Waals surface area (Å²) in [6.45, 7) is 2.15. The molecule has 0 amide bonds. The molecule has 0 unspecified atom stereocenters. The first kappa shape index (κ1) is 13.8. The number of benzene rings is 1. The largest absolute Gasteiger partial charge is 0.378 e. The van der Waals surface area contributed by atoms with E-state index in [1.54, 1.807) is 13.4 Å². The van der Waals surface area contributed by atoms with Crippen molar-refractivity contribution in [1.29, 1.82) is 0 Å². The van der Waals surface area contributed by atoms with Gasteiger partial charge in [0.15, 0.2) is 0 Å². The Morgan fingerprint density at radius 3 is 2.65 bits per heavy atom. The monoisotopic (exact) mass is 335 g/mol. The van der Waals surface area contributed by atoms with E-state index in [-0.39, 0.29) is 11.0 Å². The minimum atomic E-state index is -0.111. The number of aryl methyl sites for hydroxylation is 1. The number of hydrogen-bond donors (Lipinski definition) is 0. The van der Waals surface area contributed by atoms with Gasteiger partial charge in [0.25, 0.3) is 0 Å². The van der Waals surface area contributed by atoms with Crippen LogP contribution in [0, 0.1) is 0 Å². The van der Waals surface area contributed by atoms with Crippen LogP contribution in [0.5, 0.6) is 0 Å². The summed E-state index contributed by atoms with van der Waals surface area (Å²) in [4.78, 5) is 0. The standard InChI is InChI=1S/C15H18BrN3O/c1-14(20-3)8-15(9-14,13-18-17-10-19(13)2)11-5-4-6-12(16)7-11/h4-7,10H,8-9H2,1-3H3. The average molecular weight is 336 g/mol. The van der Waals surface area contributed by atoms with Gasteiger partial charge in [-0.15, -0.1) is 10.2 Å². The van der Waals surface area contributed by atoms with Crippen LogP contribution < -0.4 is 0 Å². The van der Waals surface area contributed by atoms with Crippen LogP contribution in [0.25, 0.3) is 0 Å². The van der Waals surface area contributed by atoms with Crippen molar-refractivity contribution in [2.24, 2.45) is 7.05 Å². The molecular weight excluding hydrogens is 318 g/mol. The highest BCUT2D eigenvalue weighted by Crippen LogP contribution is 2.55. The van der Waals surface area contributed by atoms with Gasteiger partial charge in [0.1, 0.15) is 12.2 Å². The highest BCUT2D eigenvalue weighted by molar-refractivity contribution is 9.10. The van der Waals surface area contributed by atoms with Crippen LogP contribution >= 0.6 is 15.9 Å². The minimum Gasteiger partial charge on any atom is -0.378 e. The summed E-state index contributed by atoms with van der Waals surface area (Å²) in [6, 6.07) is 8.45. The van der Waals surface area contributed by atoms with Gasteiger partial charge in [0, 0.05) is 18.6 Å². The van der Waals surface area contributed by atoms with Crippen molar-refractivity contribution in [1.82, 2.24) is 14.8 Å². The van der Waals surface area contributed by atoms with Gasteiger partial charge in [-0.3, -0.25) is 0 Å². The van der Waals surface area contributed by atoms with Crippen molar-refractivity contribution in [3.63, 3.8) is 0 Å². The zero-order valence-electron chi connectivity index (χ0n) is 11.9. The highest BCUT2D eigenvalue weighted by Gasteiger charge is 2.56. The molecule has 0 bridgehead atoms. The molecule has 1 heterocycles. The van der Waals surface area contributed by atoms with E-state index in [0.717, 1.165) is 23.1 Å². The average Bonchev–Trinajstić information content (AvgIpc) is 2.81.